The normalized spacial score (nSPS) is 10.4. The fraction of sp³-hybridized carbons (Fsp3) is 0.111. The number of nitrogens with zero attached hydrogens (tertiary/aromatic N) is 2. The summed E-state index contributed by atoms with van der Waals surface area (Å²) < 4.78 is 0. The molecule has 0 amide bonds. The molecule has 2 aromatic heterocycles. The Hall–Kier alpha value is -1.62. The molecule has 0 spiro atoms. The predicted octanol–water partition coefficient (Wildman–Crippen LogP) is 1.68. The number of rotatable bonds is 1. The third kappa shape index (κ3) is 1.42. The highest BCUT2D eigenvalue weighted by atomic mass is 32.1. The van der Waals surface area contributed by atoms with Crippen molar-refractivity contribution >= 4 is 23.1 Å². The van der Waals surface area contributed by atoms with Gasteiger partial charge in [-0.05, 0) is 18.4 Å². The zero-order valence-corrected chi connectivity index (χ0v) is 8.51. The molecule has 0 bridgehead atoms. The van der Waals surface area contributed by atoms with Crippen molar-refractivity contribution in [3.8, 4) is 10.6 Å². The van der Waals surface area contributed by atoms with Crippen molar-refractivity contribution in [2.75, 3.05) is 11.5 Å². The number of anilines is 2. The van der Waals surface area contributed by atoms with Crippen molar-refractivity contribution in [3.63, 3.8) is 0 Å². The van der Waals surface area contributed by atoms with Gasteiger partial charge >= 0.3 is 0 Å². The molecule has 0 aliphatic rings. The molecular weight excluding hydrogens is 196 g/mol. The maximum Gasteiger partial charge on any atom is 0.222 e. The van der Waals surface area contributed by atoms with Crippen LogP contribution < -0.4 is 11.5 Å². The summed E-state index contributed by atoms with van der Waals surface area (Å²) in [6.07, 6.45) is 0. The fourth-order valence-corrected chi connectivity index (χ4v) is 1.98. The number of hydrogen-bond donors (Lipinski definition) is 2. The molecular formula is C9H10N4S. The van der Waals surface area contributed by atoms with Gasteiger partial charge in [0.1, 0.15) is 5.82 Å². The van der Waals surface area contributed by atoms with E-state index in [9.17, 15) is 0 Å². The molecule has 0 radical (unpaired) electrons. The molecule has 4 nitrogen and oxygen atoms in total. The average Bonchev–Trinajstić information content (AvgIpc) is 2.63. The van der Waals surface area contributed by atoms with Crippen molar-refractivity contribution in [1.29, 1.82) is 0 Å². The van der Waals surface area contributed by atoms with Gasteiger partial charge in [-0.15, -0.1) is 11.3 Å². The molecule has 0 saturated carbocycles. The van der Waals surface area contributed by atoms with Gasteiger partial charge in [0.15, 0.2) is 0 Å². The Bertz CT molecular complexity index is 450. The van der Waals surface area contributed by atoms with Crippen LogP contribution in [-0.2, 0) is 0 Å². The van der Waals surface area contributed by atoms with Crippen LogP contribution in [0.2, 0.25) is 0 Å². The summed E-state index contributed by atoms with van der Waals surface area (Å²) in [5.41, 5.74) is 12.9. The molecule has 2 aromatic rings. The van der Waals surface area contributed by atoms with E-state index in [0.717, 1.165) is 16.1 Å². The molecule has 2 heterocycles. The third-order valence-electron chi connectivity index (χ3n) is 1.96. The summed E-state index contributed by atoms with van der Waals surface area (Å²) in [6, 6.07) is 3.95. The van der Waals surface area contributed by atoms with E-state index >= 15 is 0 Å². The second kappa shape index (κ2) is 3.26. The van der Waals surface area contributed by atoms with Gasteiger partial charge < -0.3 is 11.5 Å². The Labute approximate surface area is 85.6 Å². The quantitative estimate of drug-likeness (QED) is 0.744. The molecule has 5 heteroatoms. The van der Waals surface area contributed by atoms with E-state index in [2.05, 4.69) is 9.97 Å². The molecule has 2 rings (SSSR count). The van der Waals surface area contributed by atoms with Gasteiger partial charge in [-0.1, -0.05) is 6.07 Å². The van der Waals surface area contributed by atoms with Crippen molar-refractivity contribution in [2.24, 2.45) is 0 Å². The van der Waals surface area contributed by atoms with Crippen LogP contribution in [0.4, 0.5) is 11.8 Å². The highest BCUT2D eigenvalue weighted by Crippen LogP contribution is 2.28. The average molecular weight is 206 g/mol. The molecule has 0 aliphatic carbocycles. The van der Waals surface area contributed by atoms with Gasteiger partial charge in [-0.25, -0.2) is 4.98 Å². The second-order valence-corrected chi connectivity index (χ2v) is 3.87. The molecule has 0 aliphatic heterocycles. The van der Waals surface area contributed by atoms with E-state index in [0.29, 0.717) is 5.82 Å². The molecule has 14 heavy (non-hydrogen) atoms. The maximum absolute atomic E-state index is 5.70. The lowest BCUT2D eigenvalue weighted by molar-refractivity contribution is 1.17. The predicted molar refractivity (Wildman–Crippen MR) is 58.9 cm³/mol. The molecule has 0 aromatic carbocycles. The molecule has 0 fully saturated rings. The van der Waals surface area contributed by atoms with Crippen LogP contribution in [0.25, 0.3) is 10.6 Å². The topological polar surface area (TPSA) is 77.8 Å². The lowest BCUT2D eigenvalue weighted by Crippen LogP contribution is -2.03. The minimum Gasteiger partial charge on any atom is -0.383 e. The lowest BCUT2D eigenvalue weighted by atomic mass is 10.2. The minimum atomic E-state index is 0.219. The third-order valence-corrected chi connectivity index (χ3v) is 2.83. The van der Waals surface area contributed by atoms with Crippen LogP contribution in [0.1, 0.15) is 5.56 Å². The number of nitrogen functional groups attached to an aromatic ring is 2. The highest BCUT2D eigenvalue weighted by molar-refractivity contribution is 7.13. The molecule has 4 N–H and O–H groups in total. The number of thiophene rings is 1. The van der Waals surface area contributed by atoms with E-state index < -0.39 is 0 Å². The monoisotopic (exact) mass is 206 g/mol. The smallest absolute Gasteiger partial charge is 0.222 e. The van der Waals surface area contributed by atoms with Gasteiger partial charge in [0.2, 0.25) is 5.95 Å². The van der Waals surface area contributed by atoms with Crippen LogP contribution >= 0.6 is 11.3 Å². The van der Waals surface area contributed by atoms with Gasteiger partial charge in [0.25, 0.3) is 0 Å². The molecule has 72 valence electrons. The highest BCUT2D eigenvalue weighted by Gasteiger charge is 2.09. The SMILES string of the molecule is Cc1c(N)nc(N)nc1-c1cccs1. The maximum atomic E-state index is 5.70. The van der Waals surface area contributed by atoms with Crippen molar-refractivity contribution in [2.45, 2.75) is 6.92 Å². The van der Waals surface area contributed by atoms with Crippen molar-refractivity contribution in [3.05, 3.63) is 23.1 Å². The Morgan fingerprint density at radius 1 is 1.29 bits per heavy atom. The van der Waals surface area contributed by atoms with Gasteiger partial charge in [0.05, 0.1) is 10.6 Å². The fourth-order valence-electron chi connectivity index (χ4n) is 1.21. The van der Waals surface area contributed by atoms with Gasteiger partial charge in [-0.2, -0.15) is 4.98 Å². The first-order valence-electron chi connectivity index (χ1n) is 4.12. The van der Waals surface area contributed by atoms with Crippen LogP contribution in [0, 0.1) is 6.92 Å². The van der Waals surface area contributed by atoms with Crippen LogP contribution in [-0.4, -0.2) is 9.97 Å². The van der Waals surface area contributed by atoms with Crippen molar-refractivity contribution < 1.29 is 0 Å². The van der Waals surface area contributed by atoms with E-state index in [1.54, 1.807) is 11.3 Å². The molecule has 0 unspecified atom stereocenters. The summed E-state index contributed by atoms with van der Waals surface area (Å²) >= 11 is 1.61. The van der Waals surface area contributed by atoms with E-state index in [1.165, 1.54) is 0 Å². The minimum absolute atomic E-state index is 0.219. The first-order valence-corrected chi connectivity index (χ1v) is 5.00. The summed E-state index contributed by atoms with van der Waals surface area (Å²) in [5, 5.41) is 1.99. The first kappa shape index (κ1) is 8.96. The largest absolute Gasteiger partial charge is 0.383 e. The zero-order valence-electron chi connectivity index (χ0n) is 7.69. The zero-order chi connectivity index (χ0) is 10.1. The van der Waals surface area contributed by atoms with Crippen LogP contribution in [0.5, 0.6) is 0 Å². The van der Waals surface area contributed by atoms with Gasteiger partial charge in [-0.3, -0.25) is 0 Å². The lowest BCUT2D eigenvalue weighted by Gasteiger charge is -2.05. The first-order chi connectivity index (χ1) is 6.68. The summed E-state index contributed by atoms with van der Waals surface area (Å²) in [5.74, 6) is 0.664. The Kier molecular flexibility index (Phi) is 2.09. The Morgan fingerprint density at radius 2 is 2.07 bits per heavy atom. The summed E-state index contributed by atoms with van der Waals surface area (Å²) in [7, 11) is 0. The second-order valence-electron chi connectivity index (χ2n) is 2.92. The molecule has 0 atom stereocenters. The van der Waals surface area contributed by atoms with Crippen LogP contribution in [0.3, 0.4) is 0 Å². The molecule has 0 saturated heterocycles. The number of hydrogen-bond acceptors (Lipinski definition) is 5. The Morgan fingerprint density at radius 3 is 2.71 bits per heavy atom. The Balaban J connectivity index is 2.64. The summed E-state index contributed by atoms with van der Waals surface area (Å²) in [6.45, 7) is 1.89. The van der Waals surface area contributed by atoms with Crippen molar-refractivity contribution in [1.82, 2.24) is 9.97 Å². The van der Waals surface area contributed by atoms with Crippen LogP contribution in [0.15, 0.2) is 17.5 Å². The summed E-state index contributed by atoms with van der Waals surface area (Å²) in [4.78, 5) is 9.12. The standard InChI is InChI=1S/C9H10N4S/c1-5-7(6-3-2-4-14-6)12-9(11)13-8(5)10/h2-4H,1H3,(H4,10,11,12,13). The number of nitrogens with two attached hydrogens (primary N) is 2. The van der Waals surface area contributed by atoms with Gasteiger partial charge in [0, 0.05) is 5.56 Å². The van der Waals surface area contributed by atoms with E-state index in [1.807, 2.05) is 24.4 Å². The van der Waals surface area contributed by atoms with E-state index in [4.69, 9.17) is 11.5 Å². The van der Waals surface area contributed by atoms with E-state index in [-0.39, 0.29) is 5.95 Å². The number of aromatic nitrogens is 2.